The molecule has 1 aromatic heterocycles. The molecular weight excluding hydrogens is 252 g/mol. The van der Waals surface area contributed by atoms with E-state index in [1.807, 2.05) is 56.3 Å². The van der Waals surface area contributed by atoms with Crippen LogP contribution in [0, 0.1) is 6.92 Å². The molecular formula is C16H18N2O2. The maximum atomic E-state index is 12.2. The number of hydrogen-bond donors (Lipinski definition) is 1. The third-order valence-corrected chi connectivity index (χ3v) is 2.94. The summed E-state index contributed by atoms with van der Waals surface area (Å²) < 4.78 is 5.70. The van der Waals surface area contributed by atoms with Crippen LogP contribution in [0.1, 0.15) is 18.9 Å². The van der Waals surface area contributed by atoms with Crippen molar-refractivity contribution in [1.29, 1.82) is 0 Å². The monoisotopic (exact) mass is 270 g/mol. The van der Waals surface area contributed by atoms with Crippen LogP contribution in [-0.4, -0.2) is 17.0 Å². The maximum absolute atomic E-state index is 12.2. The number of nitrogens with one attached hydrogen (secondary N) is 1. The van der Waals surface area contributed by atoms with E-state index in [0.29, 0.717) is 18.0 Å². The summed E-state index contributed by atoms with van der Waals surface area (Å²) in [6.45, 7) is 3.82. The van der Waals surface area contributed by atoms with Gasteiger partial charge in [-0.25, -0.2) is 4.98 Å². The fourth-order valence-corrected chi connectivity index (χ4v) is 1.80. The number of nitrogens with zero attached hydrogens (tertiary/aromatic N) is 1. The molecule has 1 aromatic carbocycles. The summed E-state index contributed by atoms with van der Waals surface area (Å²) in [7, 11) is 0. The zero-order chi connectivity index (χ0) is 14.4. The van der Waals surface area contributed by atoms with Gasteiger partial charge >= 0.3 is 0 Å². The molecule has 4 nitrogen and oxygen atoms in total. The minimum Gasteiger partial charge on any atom is -0.481 e. The van der Waals surface area contributed by atoms with Crippen molar-refractivity contribution in [2.75, 3.05) is 5.32 Å². The standard InChI is InChI=1S/C16H18N2O2/c1-3-14(20-13-9-5-4-6-10-13)16(19)18-15-12(2)8-7-11-17-15/h4-11,14H,3H2,1-2H3,(H,17,18,19)/t14-/m1/s1. The molecule has 2 aromatic rings. The average molecular weight is 270 g/mol. The Kier molecular flexibility index (Phi) is 4.71. The summed E-state index contributed by atoms with van der Waals surface area (Å²) in [6, 6.07) is 13.1. The van der Waals surface area contributed by atoms with Crippen molar-refractivity contribution in [3.63, 3.8) is 0 Å². The molecule has 1 atom stereocenters. The molecule has 104 valence electrons. The largest absolute Gasteiger partial charge is 0.481 e. The fraction of sp³-hybridized carbons (Fsp3) is 0.250. The highest BCUT2D eigenvalue weighted by atomic mass is 16.5. The van der Waals surface area contributed by atoms with Crippen LogP contribution in [0.2, 0.25) is 0 Å². The van der Waals surface area contributed by atoms with E-state index < -0.39 is 6.10 Å². The molecule has 1 N–H and O–H groups in total. The average Bonchev–Trinajstić information content (AvgIpc) is 2.48. The summed E-state index contributed by atoms with van der Waals surface area (Å²) >= 11 is 0. The van der Waals surface area contributed by atoms with E-state index in [9.17, 15) is 4.79 Å². The minimum absolute atomic E-state index is 0.182. The smallest absolute Gasteiger partial charge is 0.266 e. The predicted octanol–water partition coefficient (Wildman–Crippen LogP) is 3.19. The lowest BCUT2D eigenvalue weighted by Gasteiger charge is -2.17. The highest BCUT2D eigenvalue weighted by molar-refractivity contribution is 5.94. The van der Waals surface area contributed by atoms with E-state index in [2.05, 4.69) is 10.3 Å². The molecule has 0 spiro atoms. The van der Waals surface area contributed by atoms with E-state index in [4.69, 9.17) is 4.74 Å². The van der Waals surface area contributed by atoms with Crippen molar-refractivity contribution in [2.45, 2.75) is 26.4 Å². The number of carbonyl (C=O) groups is 1. The number of benzene rings is 1. The molecule has 0 unspecified atom stereocenters. The van der Waals surface area contributed by atoms with Crippen LogP contribution < -0.4 is 10.1 Å². The number of ether oxygens (including phenoxy) is 1. The lowest BCUT2D eigenvalue weighted by Crippen LogP contribution is -2.32. The summed E-state index contributed by atoms with van der Waals surface area (Å²) in [4.78, 5) is 16.4. The Morgan fingerprint density at radius 3 is 2.65 bits per heavy atom. The Bertz CT molecular complexity index is 570. The zero-order valence-corrected chi connectivity index (χ0v) is 11.7. The first kappa shape index (κ1) is 14.1. The Morgan fingerprint density at radius 1 is 1.25 bits per heavy atom. The van der Waals surface area contributed by atoms with Gasteiger partial charge < -0.3 is 10.1 Å². The summed E-state index contributed by atoms with van der Waals surface area (Å²) in [5.74, 6) is 1.08. The normalized spacial score (nSPS) is 11.7. The molecule has 0 radical (unpaired) electrons. The van der Waals surface area contributed by atoms with Crippen molar-refractivity contribution in [3.05, 3.63) is 54.2 Å². The van der Waals surface area contributed by atoms with Crippen molar-refractivity contribution in [3.8, 4) is 5.75 Å². The van der Waals surface area contributed by atoms with Gasteiger partial charge in [-0.05, 0) is 37.1 Å². The van der Waals surface area contributed by atoms with E-state index in [1.165, 1.54) is 0 Å². The summed E-state index contributed by atoms with van der Waals surface area (Å²) in [6.07, 6.45) is 1.72. The van der Waals surface area contributed by atoms with Gasteiger partial charge in [-0.15, -0.1) is 0 Å². The first-order chi connectivity index (χ1) is 9.70. The Hall–Kier alpha value is -2.36. The van der Waals surface area contributed by atoms with Crippen molar-refractivity contribution in [1.82, 2.24) is 4.98 Å². The van der Waals surface area contributed by atoms with Crippen LogP contribution in [0.5, 0.6) is 5.75 Å². The number of para-hydroxylation sites is 1. The van der Waals surface area contributed by atoms with Gasteiger partial charge in [-0.3, -0.25) is 4.79 Å². The van der Waals surface area contributed by atoms with Gasteiger partial charge in [-0.1, -0.05) is 31.2 Å². The topological polar surface area (TPSA) is 51.2 Å². The molecule has 0 aliphatic heterocycles. The number of carbonyl (C=O) groups excluding carboxylic acids is 1. The van der Waals surface area contributed by atoms with Gasteiger partial charge in [0.15, 0.2) is 6.10 Å². The second-order valence-corrected chi connectivity index (χ2v) is 4.49. The summed E-state index contributed by atoms with van der Waals surface area (Å²) in [5.41, 5.74) is 0.926. The Morgan fingerprint density at radius 2 is 2.00 bits per heavy atom. The zero-order valence-electron chi connectivity index (χ0n) is 11.7. The Balaban J connectivity index is 2.04. The number of aromatic nitrogens is 1. The highest BCUT2D eigenvalue weighted by Crippen LogP contribution is 2.15. The second kappa shape index (κ2) is 6.70. The molecule has 0 aliphatic carbocycles. The molecule has 20 heavy (non-hydrogen) atoms. The van der Waals surface area contributed by atoms with E-state index >= 15 is 0 Å². The molecule has 0 aliphatic rings. The maximum Gasteiger partial charge on any atom is 0.266 e. The lowest BCUT2D eigenvalue weighted by atomic mass is 10.2. The SMILES string of the molecule is CC[C@@H](Oc1ccccc1)C(=O)Nc1ncccc1C. The molecule has 0 saturated heterocycles. The van der Waals surface area contributed by atoms with Crippen LogP contribution in [-0.2, 0) is 4.79 Å². The third kappa shape index (κ3) is 3.57. The van der Waals surface area contributed by atoms with Gasteiger partial charge in [0, 0.05) is 6.20 Å². The molecule has 0 fully saturated rings. The van der Waals surface area contributed by atoms with Gasteiger partial charge in [0.25, 0.3) is 5.91 Å². The van der Waals surface area contributed by atoms with Crippen molar-refractivity contribution < 1.29 is 9.53 Å². The molecule has 0 bridgehead atoms. The molecule has 0 saturated carbocycles. The van der Waals surface area contributed by atoms with Crippen LogP contribution in [0.3, 0.4) is 0 Å². The number of anilines is 1. The summed E-state index contributed by atoms with van der Waals surface area (Å²) in [5, 5.41) is 2.81. The predicted molar refractivity (Wildman–Crippen MR) is 78.8 cm³/mol. The van der Waals surface area contributed by atoms with Crippen LogP contribution in [0.15, 0.2) is 48.7 Å². The van der Waals surface area contributed by atoms with Crippen LogP contribution in [0.4, 0.5) is 5.82 Å². The van der Waals surface area contributed by atoms with Gasteiger partial charge in [0.2, 0.25) is 0 Å². The second-order valence-electron chi connectivity index (χ2n) is 4.49. The number of aryl methyl sites for hydroxylation is 1. The van der Waals surface area contributed by atoms with Crippen LogP contribution >= 0.6 is 0 Å². The van der Waals surface area contributed by atoms with E-state index in [0.717, 1.165) is 5.56 Å². The molecule has 1 heterocycles. The van der Waals surface area contributed by atoms with Crippen molar-refractivity contribution in [2.24, 2.45) is 0 Å². The van der Waals surface area contributed by atoms with Gasteiger partial charge in [0.1, 0.15) is 11.6 Å². The molecule has 1 amide bonds. The first-order valence-electron chi connectivity index (χ1n) is 6.65. The number of rotatable bonds is 5. The van der Waals surface area contributed by atoms with Crippen LogP contribution in [0.25, 0.3) is 0 Å². The number of pyridine rings is 1. The highest BCUT2D eigenvalue weighted by Gasteiger charge is 2.19. The number of amides is 1. The lowest BCUT2D eigenvalue weighted by molar-refractivity contribution is -0.122. The van der Waals surface area contributed by atoms with E-state index in [-0.39, 0.29) is 5.91 Å². The first-order valence-corrected chi connectivity index (χ1v) is 6.65. The van der Waals surface area contributed by atoms with Gasteiger partial charge in [0.05, 0.1) is 0 Å². The number of hydrogen-bond acceptors (Lipinski definition) is 3. The van der Waals surface area contributed by atoms with Crippen molar-refractivity contribution >= 4 is 11.7 Å². The van der Waals surface area contributed by atoms with E-state index in [1.54, 1.807) is 6.20 Å². The van der Waals surface area contributed by atoms with Gasteiger partial charge in [-0.2, -0.15) is 0 Å². The molecule has 4 heteroatoms. The third-order valence-electron chi connectivity index (χ3n) is 2.94. The minimum atomic E-state index is -0.529. The Labute approximate surface area is 118 Å². The molecule has 2 rings (SSSR count). The fourth-order valence-electron chi connectivity index (χ4n) is 1.80. The quantitative estimate of drug-likeness (QED) is 0.907.